The van der Waals surface area contributed by atoms with Gasteiger partial charge in [0.1, 0.15) is 0 Å². The van der Waals surface area contributed by atoms with Crippen LogP contribution in [-0.4, -0.2) is 10.9 Å². The van der Waals surface area contributed by atoms with Crippen LogP contribution in [0.15, 0.2) is 34.9 Å². The molecule has 2 aromatic rings. The van der Waals surface area contributed by atoms with E-state index in [4.69, 9.17) is 5.73 Å². The summed E-state index contributed by atoms with van der Waals surface area (Å²) in [5, 5.41) is 0.892. The van der Waals surface area contributed by atoms with Gasteiger partial charge in [-0.15, -0.1) is 0 Å². The van der Waals surface area contributed by atoms with Gasteiger partial charge < -0.3 is 5.73 Å². The van der Waals surface area contributed by atoms with Crippen molar-refractivity contribution < 1.29 is 4.79 Å². The van der Waals surface area contributed by atoms with E-state index in [2.05, 4.69) is 20.9 Å². The molecule has 1 amide bonds. The molecule has 2 rings (SSSR count). The summed E-state index contributed by atoms with van der Waals surface area (Å²) in [6.07, 6.45) is 1.70. The predicted octanol–water partition coefficient (Wildman–Crippen LogP) is 2.10. The zero-order valence-corrected chi connectivity index (χ0v) is 8.78. The van der Waals surface area contributed by atoms with Crippen molar-refractivity contribution in [2.45, 2.75) is 0 Å². The average Bonchev–Trinajstić information content (AvgIpc) is 2.18. The molecule has 4 heteroatoms. The summed E-state index contributed by atoms with van der Waals surface area (Å²) in [5.74, 6) is -0.428. The second-order valence-corrected chi connectivity index (χ2v) is 3.74. The largest absolute Gasteiger partial charge is 0.366 e. The quantitative estimate of drug-likeness (QED) is 0.843. The summed E-state index contributed by atoms with van der Waals surface area (Å²) in [6, 6.07) is 7.01. The van der Waals surface area contributed by atoms with Gasteiger partial charge in [-0.2, -0.15) is 0 Å². The monoisotopic (exact) mass is 250 g/mol. The number of primary amides is 1. The van der Waals surface area contributed by atoms with E-state index in [1.165, 1.54) is 0 Å². The molecule has 0 bridgehead atoms. The number of hydrogen-bond acceptors (Lipinski definition) is 2. The first-order valence-corrected chi connectivity index (χ1v) is 4.82. The first kappa shape index (κ1) is 9.15. The molecule has 2 N–H and O–H groups in total. The molecule has 14 heavy (non-hydrogen) atoms. The van der Waals surface area contributed by atoms with E-state index in [1.54, 1.807) is 24.4 Å². The standard InChI is InChI=1S/C10H7BrN2O/c11-8-3-4-13-9-2-1-6(10(12)14)5-7(8)9/h1-5H,(H2,12,14). The summed E-state index contributed by atoms with van der Waals surface area (Å²) in [7, 11) is 0. The highest BCUT2D eigenvalue weighted by Gasteiger charge is 2.04. The van der Waals surface area contributed by atoms with Gasteiger partial charge in [0.2, 0.25) is 5.91 Å². The molecule has 1 aromatic heterocycles. The Kier molecular flexibility index (Phi) is 2.21. The average molecular weight is 251 g/mol. The molecule has 0 spiro atoms. The Bertz CT molecular complexity index is 510. The molecule has 0 aliphatic carbocycles. The third-order valence-corrected chi connectivity index (χ3v) is 2.66. The van der Waals surface area contributed by atoms with Gasteiger partial charge in [0.15, 0.2) is 0 Å². The van der Waals surface area contributed by atoms with Gasteiger partial charge in [-0.1, -0.05) is 15.9 Å². The number of amides is 1. The van der Waals surface area contributed by atoms with Gasteiger partial charge in [-0.05, 0) is 24.3 Å². The second kappa shape index (κ2) is 3.38. The van der Waals surface area contributed by atoms with Crippen molar-refractivity contribution in [2.24, 2.45) is 5.73 Å². The fourth-order valence-electron chi connectivity index (χ4n) is 1.27. The number of benzene rings is 1. The van der Waals surface area contributed by atoms with Gasteiger partial charge in [0.05, 0.1) is 5.52 Å². The third kappa shape index (κ3) is 1.48. The highest BCUT2D eigenvalue weighted by molar-refractivity contribution is 9.10. The maximum atomic E-state index is 10.9. The maximum Gasteiger partial charge on any atom is 0.248 e. The van der Waals surface area contributed by atoms with Crippen LogP contribution in [-0.2, 0) is 0 Å². The molecular weight excluding hydrogens is 244 g/mol. The fraction of sp³-hybridized carbons (Fsp3) is 0. The first-order valence-electron chi connectivity index (χ1n) is 4.02. The lowest BCUT2D eigenvalue weighted by Gasteiger charge is -2.01. The lowest BCUT2D eigenvalue weighted by molar-refractivity contribution is 0.100. The normalized spacial score (nSPS) is 10.4. The SMILES string of the molecule is NC(=O)c1ccc2nccc(Br)c2c1. The number of nitrogens with zero attached hydrogens (tertiary/aromatic N) is 1. The Morgan fingerprint density at radius 2 is 2.14 bits per heavy atom. The van der Waals surface area contributed by atoms with E-state index in [0.717, 1.165) is 15.4 Å². The van der Waals surface area contributed by atoms with E-state index >= 15 is 0 Å². The number of halogens is 1. The number of carbonyl (C=O) groups is 1. The van der Waals surface area contributed by atoms with Gasteiger partial charge in [0.25, 0.3) is 0 Å². The summed E-state index contributed by atoms with van der Waals surface area (Å²) < 4.78 is 0.908. The van der Waals surface area contributed by atoms with Crippen LogP contribution in [0.5, 0.6) is 0 Å². The van der Waals surface area contributed by atoms with E-state index < -0.39 is 5.91 Å². The summed E-state index contributed by atoms with van der Waals surface area (Å²) in [4.78, 5) is 15.1. The van der Waals surface area contributed by atoms with E-state index in [1.807, 2.05) is 6.07 Å². The van der Waals surface area contributed by atoms with E-state index in [0.29, 0.717) is 5.56 Å². The molecule has 0 radical (unpaired) electrons. The third-order valence-electron chi connectivity index (χ3n) is 1.97. The molecule has 0 saturated carbocycles. The number of rotatable bonds is 1. The van der Waals surface area contributed by atoms with E-state index in [-0.39, 0.29) is 0 Å². The molecule has 0 aliphatic rings. The summed E-state index contributed by atoms with van der Waals surface area (Å²) in [5.41, 5.74) is 6.51. The van der Waals surface area contributed by atoms with Crippen molar-refractivity contribution in [3.63, 3.8) is 0 Å². The number of pyridine rings is 1. The Morgan fingerprint density at radius 3 is 2.86 bits per heavy atom. The molecule has 0 unspecified atom stereocenters. The summed E-state index contributed by atoms with van der Waals surface area (Å²) >= 11 is 3.39. The van der Waals surface area contributed by atoms with Gasteiger partial charge >= 0.3 is 0 Å². The molecule has 0 saturated heterocycles. The number of fused-ring (bicyclic) bond motifs is 1. The number of nitrogens with two attached hydrogens (primary N) is 1. The smallest absolute Gasteiger partial charge is 0.248 e. The Labute approximate surface area is 89.1 Å². The maximum absolute atomic E-state index is 10.9. The summed E-state index contributed by atoms with van der Waals surface area (Å²) in [6.45, 7) is 0. The minimum atomic E-state index is -0.428. The molecule has 0 atom stereocenters. The van der Waals surface area contributed by atoms with Crippen LogP contribution in [0.3, 0.4) is 0 Å². The Morgan fingerprint density at radius 1 is 1.36 bits per heavy atom. The van der Waals surface area contributed by atoms with Crippen LogP contribution in [0, 0.1) is 0 Å². The lowest BCUT2D eigenvalue weighted by atomic mass is 10.1. The molecule has 0 fully saturated rings. The van der Waals surface area contributed by atoms with Crippen molar-refractivity contribution in [2.75, 3.05) is 0 Å². The molecule has 70 valence electrons. The number of carbonyl (C=O) groups excluding carboxylic acids is 1. The van der Waals surface area contributed by atoms with E-state index in [9.17, 15) is 4.79 Å². The van der Waals surface area contributed by atoms with Gasteiger partial charge in [-0.3, -0.25) is 9.78 Å². The highest BCUT2D eigenvalue weighted by Crippen LogP contribution is 2.22. The van der Waals surface area contributed by atoms with Crippen LogP contribution in [0.2, 0.25) is 0 Å². The molecular formula is C10H7BrN2O. The molecule has 0 aliphatic heterocycles. The van der Waals surface area contributed by atoms with Gasteiger partial charge in [-0.25, -0.2) is 0 Å². The second-order valence-electron chi connectivity index (χ2n) is 2.89. The van der Waals surface area contributed by atoms with Crippen molar-refractivity contribution in [1.29, 1.82) is 0 Å². The van der Waals surface area contributed by atoms with Crippen molar-refractivity contribution >= 4 is 32.7 Å². The van der Waals surface area contributed by atoms with Crippen LogP contribution >= 0.6 is 15.9 Å². The Hall–Kier alpha value is -1.42. The number of aromatic nitrogens is 1. The lowest BCUT2D eigenvalue weighted by Crippen LogP contribution is -2.10. The van der Waals surface area contributed by atoms with Crippen molar-refractivity contribution in [3.05, 3.63) is 40.5 Å². The van der Waals surface area contributed by atoms with Crippen LogP contribution in [0.1, 0.15) is 10.4 Å². The van der Waals surface area contributed by atoms with Gasteiger partial charge in [0, 0.05) is 21.6 Å². The Balaban J connectivity index is 2.76. The van der Waals surface area contributed by atoms with Crippen LogP contribution < -0.4 is 5.73 Å². The highest BCUT2D eigenvalue weighted by atomic mass is 79.9. The zero-order chi connectivity index (χ0) is 10.1. The first-order chi connectivity index (χ1) is 6.68. The van der Waals surface area contributed by atoms with Crippen molar-refractivity contribution in [3.8, 4) is 0 Å². The number of hydrogen-bond donors (Lipinski definition) is 1. The zero-order valence-electron chi connectivity index (χ0n) is 7.20. The minimum Gasteiger partial charge on any atom is -0.366 e. The molecule has 3 nitrogen and oxygen atoms in total. The minimum absolute atomic E-state index is 0.428. The molecule has 1 aromatic carbocycles. The van der Waals surface area contributed by atoms with Crippen LogP contribution in [0.4, 0.5) is 0 Å². The fourth-order valence-corrected chi connectivity index (χ4v) is 1.70. The molecule has 1 heterocycles. The topological polar surface area (TPSA) is 56.0 Å². The van der Waals surface area contributed by atoms with Crippen molar-refractivity contribution in [1.82, 2.24) is 4.98 Å². The predicted molar refractivity (Wildman–Crippen MR) is 58.0 cm³/mol. The van der Waals surface area contributed by atoms with Crippen LogP contribution in [0.25, 0.3) is 10.9 Å².